The third kappa shape index (κ3) is 4.44. The van der Waals surface area contributed by atoms with Crippen LogP contribution in [0.4, 0.5) is 5.69 Å². The van der Waals surface area contributed by atoms with Gasteiger partial charge in [0.25, 0.3) is 0 Å². The summed E-state index contributed by atoms with van der Waals surface area (Å²) in [5.41, 5.74) is 6.67. The maximum Gasteiger partial charge on any atom is 0.341 e. The molecule has 0 fully saturated rings. The van der Waals surface area contributed by atoms with E-state index in [9.17, 15) is 4.79 Å². The van der Waals surface area contributed by atoms with E-state index >= 15 is 0 Å². The molecule has 0 amide bonds. The molecule has 0 radical (unpaired) electrons. The normalized spacial score (nSPS) is 10.5. The average molecular weight is 266 g/mol. The third-order valence-corrected chi connectivity index (χ3v) is 2.97. The van der Waals surface area contributed by atoms with Gasteiger partial charge in [0.1, 0.15) is 17.9 Å². The van der Waals surface area contributed by atoms with Crippen molar-refractivity contribution in [2.24, 2.45) is 0 Å². The van der Waals surface area contributed by atoms with Gasteiger partial charge in [-0.1, -0.05) is 13.8 Å². The first-order chi connectivity index (χ1) is 9.12. The van der Waals surface area contributed by atoms with Crippen LogP contribution in [-0.2, 0) is 4.74 Å². The monoisotopic (exact) mass is 266 g/mol. The summed E-state index contributed by atoms with van der Waals surface area (Å²) >= 11 is 0. The number of likely N-dealkylation sites (N-methyl/N-ethyl adjacent to an activating group) is 1. The topological polar surface area (TPSA) is 64.8 Å². The molecule has 5 heteroatoms. The number of nitrogens with zero attached hydrogens (tertiary/aromatic N) is 1. The summed E-state index contributed by atoms with van der Waals surface area (Å²) in [6, 6.07) is 4.92. The minimum atomic E-state index is -0.419. The zero-order valence-corrected chi connectivity index (χ0v) is 11.8. The summed E-state index contributed by atoms with van der Waals surface area (Å²) in [5, 5.41) is 0. The van der Waals surface area contributed by atoms with Gasteiger partial charge in [0.05, 0.1) is 7.11 Å². The number of methoxy groups -OCH3 is 1. The van der Waals surface area contributed by atoms with E-state index in [2.05, 4.69) is 18.7 Å². The summed E-state index contributed by atoms with van der Waals surface area (Å²) in [7, 11) is 1.35. The van der Waals surface area contributed by atoms with Crippen LogP contribution in [0.2, 0.25) is 0 Å². The maximum atomic E-state index is 11.6. The third-order valence-electron chi connectivity index (χ3n) is 2.97. The van der Waals surface area contributed by atoms with Gasteiger partial charge >= 0.3 is 5.97 Å². The Hall–Kier alpha value is -1.75. The summed E-state index contributed by atoms with van der Waals surface area (Å²) < 4.78 is 10.4. The van der Waals surface area contributed by atoms with Gasteiger partial charge in [-0.05, 0) is 25.2 Å². The number of benzene rings is 1. The van der Waals surface area contributed by atoms with Crippen molar-refractivity contribution >= 4 is 11.7 Å². The Morgan fingerprint density at radius 3 is 2.58 bits per heavy atom. The highest BCUT2D eigenvalue weighted by Gasteiger charge is 2.13. The van der Waals surface area contributed by atoms with Crippen molar-refractivity contribution in [3.05, 3.63) is 23.8 Å². The Labute approximate surface area is 114 Å². The van der Waals surface area contributed by atoms with Gasteiger partial charge in [-0.15, -0.1) is 0 Å². The summed E-state index contributed by atoms with van der Waals surface area (Å²) in [6.07, 6.45) is 0. The van der Waals surface area contributed by atoms with Gasteiger partial charge in [-0.3, -0.25) is 0 Å². The highest BCUT2D eigenvalue weighted by atomic mass is 16.5. The molecule has 0 bridgehead atoms. The van der Waals surface area contributed by atoms with E-state index in [1.165, 1.54) is 7.11 Å². The molecular formula is C14H22N2O3. The molecule has 0 aliphatic carbocycles. The standard InChI is InChI=1S/C14H22N2O3/c1-4-16(5-2)8-9-19-13-10-11(15)6-7-12(13)14(17)18-3/h6-7,10H,4-5,8-9,15H2,1-3H3. The van der Waals surface area contributed by atoms with Crippen molar-refractivity contribution in [3.63, 3.8) is 0 Å². The second kappa shape index (κ2) is 7.63. The predicted molar refractivity (Wildman–Crippen MR) is 75.5 cm³/mol. The minimum absolute atomic E-state index is 0.399. The van der Waals surface area contributed by atoms with Crippen LogP contribution in [0.5, 0.6) is 5.75 Å². The van der Waals surface area contributed by atoms with Crippen molar-refractivity contribution in [2.75, 3.05) is 39.1 Å². The first-order valence-corrected chi connectivity index (χ1v) is 6.45. The maximum absolute atomic E-state index is 11.6. The molecule has 19 heavy (non-hydrogen) atoms. The number of hydrogen-bond acceptors (Lipinski definition) is 5. The van der Waals surface area contributed by atoms with Gasteiger partial charge in [0.15, 0.2) is 0 Å². The molecule has 0 heterocycles. The lowest BCUT2D eigenvalue weighted by Gasteiger charge is -2.18. The Morgan fingerprint density at radius 2 is 2.00 bits per heavy atom. The van der Waals surface area contributed by atoms with Crippen molar-refractivity contribution < 1.29 is 14.3 Å². The van der Waals surface area contributed by atoms with E-state index < -0.39 is 5.97 Å². The van der Waals surface area contributed by atoms with Gasteiger partial charge in [0.2, 0.25) is 0 Å². The number of anilines is 1. The van der Waals surface area contributed by atoms with E-state index in [-0.39, 0.29) is 0 Å². The zero-order valence-electron chi connectivity index (χ0n) is 11.8. The van der Waals surface area contributed by atoms with E-state index in [0.717, 1.165) is 19.6 Å². The fourth-order valence-corrected chi connectivity index (χ4v) is 1.76. The van der Waals surface area contributed by atoms with Crippen LogP contribution < -0.4 is 10.5 Å². The van der Waals surface area contributed by atoms with Crippen molar-refractivity contribution in [2.45, 2.75) is 13.8 Å². The number of ether oxygens (including phenoxy) is 2. The van der Waals surface area contributed by atoms with Crippen LogP contribution in [0.15, 0.2) is 18.2 Å². The van der Waals surface area contributed by atoms with E-state index in [0.29, 0.717) is 23.6 Å². The molecule has 0 atom stereocenters. The van der Waals surface area contributed by atoms with Crippen LogP contribution in [0.3, 0.4) is 0 Å². The largest absolute Gasteiger partial charge is 0.491 e. The molecule has 0 saturated carbocycles. The van der Waals surface area contributed by atoms with Crippen LogP contribution in [0.1, 0.15) is 24.2 Å². The second-order valence-corrected chi connectivity index (χ2v) is 4.12. The van der Waals surface area contributed by atoms with Crippen molar-refractivity contribution in [1.29, 1.82) is 0 Å². The number of esters is 1. The van der Waals surface area contributed by atoms with E-state index in [4.69, 9.17) is 15.2 Å². The molecule has 0 aliphatic rings. The SMILES string of the molecule is CCN(CC)CCOc1cc(N)ccc1C(=O)OC. The molecule has 5 nitrogen and oxygen atoms in total. The number of carbonyl (C=O) groups is 1. The summed E-state index contributed by atoms with van der Waals surface area (Å²) in [6.45, 7) is 7.46. The predicted octanol–water partition coefficient (Wildman–Crippen LogP) is 1.78. The van der Waals surface area contributed by atoms with Gasteiger partial charge in [0, 0.05) is 18.3 Å². The molecule has 0 spiro atoms. The molecule has 0 aromatic heterocycles. The first kappa shape index (κ1) is 15.3. The molecule has 0 unspecified atom stereocenters. The number of nitrogens with two attached hydrogens (primary N) is 1. The van der Waals surface area contributed by atoms with Gasteiger partial charge in [-0.2, -0.15) is 0 Å². The number of hydrogen-bond donors (Lipinski definition) is 1. The van der Waals surface area contributed by atoms with Gasteiger partial charge in [-0.25, -0.2) is 4.79 Å². The fourth-order valence-electron chi connectivity index (χ4n) is 1.76. The molecular weight excluding hydrogens is 244 g/mol. The lowest BCUT2D eigenvalue weighted by atomic mass is 10.2. The molecule has 1 aromatic carbocycles. The number of rotatable bonds is 7. The minimum Gasteiger partial charge on any atom is -0.491 e. The van der Waals surface area contributed by atoms with Crippen molar-refractivity contribution in [1.82, 2.24) is 4.90 Å². The smallest absolute Gasteiger partial charge is 0.341 e. The van der Waals surface area contributed by atoms with E-state index in [1.54, 1.807) is 18.2 Å². The highest BCUT2D eigenvalue weighted by molar-refractivity contribution is 5.93. The fraction of sp³-hybridized carbons (Fsp3) is 0.500. The van der Waals surface area contributed by atoms with Gasteiger partial charge < -0.3 is 20.1 Å². The summed E-state index contributed by atoms with van der Waals surface area (Å²) in [4.78, 5) is 13.8. The highest BCUT2D eigenvalue weighted by Crippen LogP contribution is 2.22. The molecule has 1 rings (SSSR count). The van der Waals surface area contributed by atoms with Crippen LogP contribution >= 0.6 is 0 Å². The lowest BCUT2D eigenvalue weighted by molar-refractivity contribution is 0.0595. The molecule has 0 aliphatic heterocycles. The van der Waals surface area contributed by atoms with Crippen LogP contribution in [-0.4, -0.2) is 44.2 Å². The Morgan fingerprint density at radius 1 is 1.32 bits per heavy atom. The van der Waals surface area contributed by atoms with Crippen LogP contribution in [0.25, 0.3) is 0 Å². The second-order valence-electron chi connectivity index (χ2n) is 4.12. The Kier molecular flexibility index (Phi) is 6.15. The lowest BCUT2D eigenvalue weighted by Crippen LogP contribution is -2.28. The number of nitrogen functional groups attached to an aromatic ring is 1. The molecule has 106 valence electrons. The quantitative estimate of drug-likeness (QED) is 0.602. The number of carbonyl (C=O) groups excluding carboxylic acids is 1. The van der Waals surface area contributed by atoms with E-state index in [1.807, 2.05) is 0 Å². The molecule has 1 aromatic rings. The zero-order chi connectivity index (χ0) is 14.3. The van der Waals surface area contributed by atoms with Crippen molar-refractivity contribution in [3.8, 4) is 5.75 Å². The Bertz CT molecular complexity index is 417. The molecule has 0 saturated heterocycles. The molecule has 2 N–H and O–H groups in total. The Balaban J connectivity index is 2.71. The average Bonchev–Trinajstić information content (AvgIpc) is 2.43. The summed E-state index contributed by atoms with van der Waals surface area (Å²) in [5.74, 6) is 0.0526. The first-order valence-electron chi connectivity index (χ1n) is 6.45. The van der Waals surface area contributed by atoms with Crippen LogP contribution in [0, 0.1) is 0 Å².